The fraction of sp³-hybridized carbons (Fsp3) is 0.222. The molecule has 6 nitrogen and oxygen atoms in total. The molecule has 0 aliphatic rings. The van der Waals surface area contributed by atoms with Gasteiger partial charge in [-0.2, -0.15) is 5.10 Å². The predicted octanol–water partition coefficient (Wildman–Crippen LogP) is 4.04. The Morgan fingerprint density at radius 2 is 2.08 bits per heavy atom. The summed E-state index contributed by atoms with van der Waals surface area (Å²) in [7, 11) is 0. The minimum absolute atomic E-state index is 0.0137. The molecule has 0 aromatic heterocycles. The van der Waals surface area contributed by atoms with E-state index in [4.69, 9.17) is 21.1 Å². The number of amides is 1. The number of halogens is 2. The van der Waals surface area contributed by atoms with Crippen molar-refractivity contribution in [3.63, 3.8) is 0 Å². The van der Waals surface area contributed by atoms with Crippen molar-refractivity contribution >= 4 is 39.7 Å². The number of carbonyl (C=O) groups is 1. The SMILES string of the molecule is CCOc1cc(C=NNC(=O)COc2ccc(Cl)cc2C)cc(Br)c1O. The molecule has 0 saturated heterocycles. The van der Waals surface area contributed by atoms with E-state index in [2.05, 4.69) is 26.5 Å². The third kappa shape index (κ3) is 5.64. The van der Waals surface area contributed by atoms with Crippen LogP contribution in [0.3, 0.4) is 0 Å². The van der Waals surface area contributed by atoms with Crippen LogP contribution in [0.25, 0.3) is 0 Å². The van der Waals surface area contributed by atoms with Crippen LogP contribution in [0.4, 0.5) is 0 Å². The molecule has 1 amide bonds. The molecule has 0 spiro atoms. The molecular weight excluding hydrogens is 424 g/mol. The first-order chi connectivity index (χ1) is 12.4. The quantitative estimate of drug-likeness (QED) is 0.502. The Morgan fingerprint density at radius 1 is 1.31 bits per heavy atom. The number of hydrazone groups is 1. The fourth-order valence-corrected chi connectivity index (χ4v) is 2.75. The van der Waals surface area contributed by atoms with E-state index in [0.717, 1.165) is 5.56 Å². The summed E-state index contributed by atoms with van der Waals surface area (Å²) in [5.74, 6) is 0.520. The Labute approximate surface area is 164 Å². The summed E-state index contributed by atoms with van der Waals surface area (Å²) in [5.41, 5.74) is 3.86. The second-order valence-corrected chi connectivity index (χ2v) is 6.56. The van der Waals surface area contributed by atoms with Crippen molar-refractivity contribution in [2.24, 2.45) is 5.10 Å². The second kappa shape index (κ2) is 9.45. The van der Waals surface area contributed by atoms with Gasteiger partial charge in [-0.05, 0) is 71.2 Å². The van der Waals surface area contributed by atoms with Crippen LogP contribution in [0.5, 0.6) is 17.2 Å². The van der Waals surface area contributed by atoms with E-state index in [0.29, 0.717) is 33.2 Å². The minimum atomic E-state index is -0.404. The number of nitrogens with zero attached hydrogens (tertiary/aromatic N) is 1. The molecule has 0 atom stereocenters. The van der Waals surface area contributed by atoms with Crippen LogP contribution in [0.15, 0.2) is 39.9 Å². The van der Waals surface area contributed by atoms with Crippen molar-refractivity contribution in [1.82, 2.24) is 5.43 Å². The van der Waals surface area contributed by atoms with Gasteiger partial charge in [-0.3, -0.25) is 4.79 Å². The summed E-state index contributed by atoms with van der Waals surface area (Å²) >= 11 is 9.12. The molecule has 2 rings (SSSR count). The van der Waals surface area contributed by atoms with Crippen LogP contribution in [0, 0.1) is 6.92 Å². The zero-order valence-corrected chi connectivity index (χ0v) is 16.6. The van der Waals surface area contributed by atoms with E-state index in [1.807, 2.05) is 13.8 Å². The molecule has 2 N–H and O–H groups in total. The Hall–Kier alpha value is -2.25. The molecule has 0 heterocycles. The molecule has 0 fully saturated rings. The molecule has 2 aromatic rings. The van der Waals surface area contributed by atoms with Crippen molar-refractivity contribution < 1.29 is 19.4 Å². The summed E-state index contributed by atoms with van der Waals surface area (Å²) in [5, 5.41) is 14.4. The van der Waals surface area contributed by atoms with Gasteiger partial charge in [0.05, 0.1) is 17.3 Å². The molecule has 0 unspecified atom stereocenters. The number of benzene rings is 2. The molecule has 0 saturated carbocycles. The van der Waals surface area contributed by atoms with E-state index < -0.39 is 5.91 Å². The van der Waals surface area contributed by atoms with Gasteiger partial charge in [-0.1, -0.05) is 11.6 Å². The number of hydrogen-bond donors (Lipinski definition) is 2. The van der Waals surface area contributed by atoms with Gasteiger partial charge in [0.15, 0.2) is 18.1 Å². The van der Waals surface area contributed by atoms with Gasteiger partial charge in [0.2, 0.25) is 0 Å². The Bertz CT molecular complexity index is 827. The standard InChI is InChI=1S/C18H18BrClN2O4/c1-3-25-16-8-12(7-14(19)18(16)24)9-21-22-17(23)10-26-15-5-4-13(20)6-11(15)2/h4-9,24H,3,10H2,1-2H3,(H,22,23). The molecule has 0 radical (unpaired) electrons. The van der Waals surface area contributed by atoms with Gasteiger partial charge in [0.25, 0.3) is 5.91 Å². The highest BCUT2D eigenvalue weighted by Crippen LogP contribution is 2.35. The van der Waals surface area contributed by atoms with E-state index >= 15 is 0 Å². The highest BCUT2D eigenvalue weighted by molar-refractivity contribution is 9.10. The van der Waals surface area contributed by atoms with Crippen LogP contribution in [-0.2, 0) is 4.79 Å². The second-order valence-electron chi connectivity index (χ2n) is 5.27. The first kappa shape index (κ1) is 20.1. The minimum Gasteiger partial charge on any atom is -0.503 e. The predicted molar refractivity (Wildman–Crippen MR) is 104 cm³/mol. The Balaban J connectivity index is 1.92. The maximum absolute atomic E-state index is 11.8. The lowest BCUT2D eigenvalue weighted by molar-refractivity contribution is -0.123. The third-order valence-corrected chi connectivity index (χ3v) is 4.09. The molecule has 8 heteroatoms. The summed E-state index contributed by atoms with van der Waals surface area (Å²) in [6, 6.07) is 8.43. The van der Waals surface area contributed by atoms with E-state index in [1.54, 1.807) is 30.3 Å². The number of ether oxygens (including phenoxy) is 2. The van der Waals surface area contributed by atoms with Gasteiger partial charge < -0.3 is 14.6 Å². The number of carbonyl (C=O) groups excluding carboxylic acids is 1. The maximum Gasteiger partial charge on any atom is 0.277 e. The number of aromatic hydroxyl groups is 1. The zero-order valence-electron chi connectivity index (χ0n) is 14.3. The monoisotopic (exact) mass is 440 g/mol. The van der Waals surface area contributed by atoms with Crippen LogP contribution in [-0.4, -0.2) is 30.4 Å². The first-order valence-corrected chi connectivity index (χ1v) is 8.94. The smallest absolute Gasteiger partial charge is 0.277 e. The molecular formula is C18H18BrClN2O4. The van der Waals surface area contributed by atoms with Gasteiger partial charge >= 0.3 is 0 Å². The lowest BCUT2D eigenvalue weighted by Crippen LogP contribution is -2.24. The zero-order chi connectivity index (χ0) is 19.1. The number of hydrogen-bond acceptors (Lipinski definition) is 5. The Kier molecular flexibility index (Phi) is 7.29. The van der Waals surface area contributed by atoms with Crippen molar-refractivity contribution in [3.8, 4) is 17.2 Å². The summed E-state index contributed by atoms with van der Waals surface area (Å²) in [6.07, 6.45) is 1.44. The average molecular weight is 442 g/mol. The number of rotatable bonds is 7. The molecule has 26 heavy (non-hydrogen) atoms. The summed E-state index contributed by atoms with van der Waals surface area (Å²) in [6.45, 7) is 3.90. The number of nitrogens with one attached hydrogen (secondary N) is 1. The molecule has 0 bridgehead atoms. The fourth-order valence-electron chi connectivity index (χ4n) is 2.06. The van der Waals surface area contributed by atoms with Crippen molar-refractivity contribution in [1.29, 1.82) is 0 Å². The average Bonchev–Trinajstić information content (AvgIpc) is 2.58. The lowest BCUT2D eigenvalue weighted by atomic mass is 10.2. The number of phenolic OH excluding ortho intramolecular Hbond substituents is 1. The van der Waals surface area contributed by atoms with Gasteiger partial charge in [-0.25, -0.2) is 5.43 Å². The van der Waals surface area contributed by atoms with Crippen molar-refractivity contribution in [2.45, 2.75) is 13.8 Å². The Morgan fingerprint density at radius 3 is 2.77 bits per heavy atom. The molecule has 0 aliphatic carbocycles. The van der Waals surface area contributed by atoms with E-state index in [-0.39, 0.29) is 12.4 Å². The molecule has 2 aromatic carbocycles. The van der Waals surface area contributed by atoms with Crippen LogP contribution in [0.2, 0.25) is 5.02 Å². The summed E-state index contributed by atoms with van der Waals surface area (Å²) < 4.78 is 11.2. The van der Waals surface area contributed by atoms with Gasteiger partial charge in [-0.15, -0.1) is 0 Å². The normalized spacial score (nSPS) is 10.8. The van der Waals surface area contributed by atoms with E-state index in [9.17, 15) is 9.90 Å². The molecule has 138 valence electrons. The van der Waals surface area contributed by atoms with E-state index in [1.165, 1.54) is 6.21 Å². The van der Waals surface area contributed by atoms with Crippen LogP contribution >= 0.6 is 27.5 Å². The third-order valence-electron chi connectivity index (χ3n) is 3.25. The lowest BCUT2D eigenvalue weighted by Gasteiger charge is -2.09. The highest BCUT2D eigenvalue weighted by Gasteiger charge is 2.08. The largest absolute Gasteiger partial charge is 0.503 e. The van der Waals surface area contributed by atoms with Crippen molar-refractivity contribution in [3.05, 3.63) is 51.0 Å². The highest BCUT2D eigenvalue weighted by atomic mass is 79.9. The maximum atomic E-state index is 11.8. The van der Waals surface area contributed by atoms with Crippen LogP contribution in [0.1, 0.15) is 18.1 Å². The molecule has 0 aliphatic heterocycles. The topological polar surface area (TPSA) is 80.2 Å². The van der Waals surface area contributed by atoms with Crippen molar-refractivity contribution in [2.75, 3.05) is 13.2 Å². The number of phenols is 1. The number of aryl methyl sites for hydroxylation is 1. The first-order valence-electron chi connectivity index (χ1n) is 7.77. The van der Waals surface area contributed by atoms with Gasteiger partial charge in [0, 0.05) is 5.02 Å². The van der Waals surface area contributed by atoms with Gasteiger partial charge in [0.1, 0.15) is 5.75 Å². The van der Waals surface area contributed by atoms with Crippen LogP contribution < -0.4 is 14.9 Å². The summed E-state index contributed by atoms with van der Waals surface area (Å²) in [4.78, 5) is 11.8.